The number of amides is 1. The molecule has 1 aromatic carbocycles. The highest BCUT2D eigenvalue weighted by Gasteiger charge is 2.22. The number of nitrogens with one attached hydrogen (secondary N) is 1. The van der Waals surface area contributed by atoms with Crippen LogP contribution in [0.3, 0.4) is 0 Å². The van der Waals surface area contributed by atoms with Gasteiger partial charge in [0.15, 0.2) is 0 Å². The van der Waals surface area contributed by atoms with Crippen LogP contribution in [0.2, 0.25) is 0 Å². The van der Waals surface area contributed by atoms with Gasteiger partial charge in [0.1, 0.15) is 5.82 Å². The van der Waals surface area contributed by atoms with Crippen LogP contribution in [0.15, 0.2) is 46.0 Å². The highest BCUT2D eigenvalue weighted by Crippen LogP contribution is 2.17. The van der Waals surface area contributed by atoms with Crippen molar-refractivity contribution in [1.82, 2.24) is 19.2 Å². The SMILES string of the molecule is Cc1nccn1CCCNC(=O)CN(C)S(=O)(=O)c1ccc(Br)cc1. The van der Waals surface area contributed by atoms with Gasteiger partial charge in [0, 0.05) is 37.0 Å². The average molecular weight is 429 g/mol. The number of carbonyl (C=O) groups is 1. The Morgan fingerprint density at radius 2 is 2.00 bits per heavy atom. The Labute approximate surface area is 156 Å². The third-order valence-corrected chi connectivity index (χ3v) is 6.06. The zero-order valence-electron chi connectivity index (χ0n) is 14.1. The second-order valence-corrected chi connectivity index (χ2v) is 8.55. The Morgan fingerprint density at radius 3 is 2.60 bits per heavy atom. The van der Waals surface area contributed by atoms with E-state index in [9.17, 15) is 13.2 Å². The molecule has 1 N–H and O–H groups in total. The third kappa shape index (κ3) is 5.38. The minimum atomic E-state index is -3.68. The van der Waals surface area contributed by atoms with Crippen LogP contribution in [0.5, 0.6) is 0 Å². The third-order valence-electron chi connectivity index (χ3n) is 3.71. The second kappa shape index (κ2) is 8.59. The van der Waals surface area contributed by atoms with Crippen molar-refractivity contribution < 1.29 is 13.2 Å². The maximum absolute atomic E-state index is 12.4. The summed E-state index contributed by atoms with van der Waals surface area (Å²) in [6.07, 6.45) is 4.36. The summed E-state index contributed by atoms with van der Waals surface area (Å²) in [5, 5.41) is 2.74. The maximum atomic E-state index is 12.4. The molecule has 1 amide bonds. The number of aromatic nitrogens is 2. The van der Waals surface area contributed by atoms with E-state index in [0.29, 0.717) is 6.54 Å². The fourth-order valence-corrected chi connectivity index (χ4v) is 3.64. The van der Waals surface area contributed by atoms with E-state index >= 15 is 0 Å². The molecule has 0 unspecified atom stereocenters. The molecule has 2 aromatic rings. The van der Waals surface area contributed by atoms with Gasteiger partial charge < -0.3 is 9.88 Å². The minimum Gasteiger partial charge on any atom is -0.355 e. The summed E-state index contributed by atoms with van der Waals surface area (Å²) in [7, 11) is -2.29. The van der Waals surface area contributed by atoms with Crippen molar-refractivity contribution in [2.24, 2.45) is 0 Å². The van der Waals surface area contributed by atoms with E-state index in [1.54, 1.807) is 18.3 Å². The molecule has 2 rings (SSSR count). The molecule has 0 saturated heterocycles. The Hall–Kier alpha value is -1.71. The molecule has 0 aliphatic rings. The van der Waals surface area contributed by atoms with Crippen LogP contribution in [0.25, 0.3) is 0 Å². The minimum absolute atomic E-state index is 0.154. The van der Waals surface area contributed by atoms with Crippen LogP contribution >= 0.6 is 15.9 Å². The Balaban J connectivity index is 1.81. The monoisotopic (exact) mass is 428 g/mol. The summed E-state index contributed by atoms with van der Waals surface area (Å²) in [6.45, 7) is 2.92. The van der Waals surface area contributed by atoms with Gasteiger partial charge in [-0.25, -0.2) is 13.4 Å². The van der Waals surface area contributed by atoms with Gasteiger partial charge >= 0.3 is 0 Å². The van der Waals surface area contributed by atoms with Crippen molar-refractivity contribution in [3.63, 3.8) is 0 Å². The van der Waals surface area contributed by atoms with Crippen molar-refractivity contribution in [3.8, 4) is 0 Å². The fraction of sp³-hybridized carbons (Fsp3) is 0.375. The zero-order valence-corrected chi connectivity index (χ0v) is 16.5. The first kappa shape index (κ1) is 19.6. The lowest BCUT2D eigenvalue weighted by atomic mass is 10.4. The standard InChI is InChI=1S/C16H21BrN4O3S/c1-13-18-9-11-21(13)10-3-8-19-16(22)12-20(2)25(23,24)15-6-4-14(17)5-7-15/h4-7,9,11H,3,8,10,12H2,1-2H3,(H,19,22). The molecule has 0 radical (unpaired) electrons. The smallest absolute Gasteiger partial charge is 0.243 e. The van der Waals surface area contributed by atoms with Crippen molar-refractivity contribution in [2.45, 2.75) is 24.8 Å². The van der Waals surface area contributed by atoms with Gasteiger partial charge in [0.05, 0.1) is 11.4 Å². The largest absolute Gasteiger partial charge is 0.355 e. The number of aryl methyl sites for hydroxylation is 2. The van der Waals surface area contributed by atoms with Crippen molar-refractivity contribution in [1.29, 1.82) is 0 Å². The van der Waals surface area contributed by atoms with Gasteiger partial charge in [-0.15, -0.1) is 0 Å². The first-order valence-corrected chi connectivity index (χ1v) is 10.0. The van der Waals surface area contributed by atoms with E-state index in [2.05, 4.69) is 26.2 Å². The summed E-state index contributed by atoms with van der Waals surface area (Å²) in [4.78, 5) is 16.3. The predicted octanol–water partition coefficient (Wildman–Crippen LogP) is 1.78. The lowest BCUT2D eigenvalue weighted by Crippen LogP contribution is -2.38. The number of carbonyl (C=O) groups excluding carboxylic acids is 1. The van der Waals surface area contributed by atoms with Gasteiger partial charge in [-0.2, -0.15) is 4.31 Å². The van der Waals surface area contributed by atoms with Gasteiger partial charge in [0.2, 0.25) is 15.9 Å². The highest BCUT2D eigenvalue weighted by molar-refractivity contribution is 9.10. The maximum Gasteiger partial charge on any atom is 0.243 e. The highest BCUT2D eigenvalue weighted by atomic mass is 79.9. The summed E-state index contributed by atoms with van der Waals surface area (Å²) >= 11 is 3.27. The number of nitrogens with zero attached hydrogens (tertiary/aromatic N) is 3. The summed E-state index contributed by atoms with van der Waals surface area (Å²) in [5.41, 5.74) is 0. The van der Waals surface area contributed by atoms with Crippen molar-refractivity contribution in [2.75, 3.05) is 20.1 Å². The van der Waals surface area contributed by atoms with Gasteiger partial charge in [-0.1, -0.05) is 15.9 Å². The first-order chi connectivity index (χ1) is 11.8. The zero-order chi connectivity index (χ0) is 18.4. The molecule has 0 aliphatic heterocycles. The molecule has 7 nitrogen and oxygen atoms in total. The molecule has 0 fully saturated rings. The van der Waals surface area contributed by atoms with E-state index in [1.165, 1.54) is 19.2 Å². The van der Waals surface area contributed by atoms with E-state index in [0.717, 1.165) is 27.6 Å². The summed E-state index contributed by atoms with van der Waals surface area (Å²) in [6, 6.07) is 6.31. The van der Waals surface area contributed by atoms with Crippen molar-refractivity contribution >= 4 is 31.9 Å². The normalized spacial score (nSPS) is 11.7. The number of hydrogen-bond donors (Lipinski definition) is 1. The van der Waals surface area contributed by atoms with Crippen LogP contribution in [-0.4, -0.2) is 48.3 Å². The molecule has 1 aromatic heterocycles. The number of hydrogen-bond acceptors (Lipinski definition) is 4. The molecule has 1 heterocycles. The number of likely N-dealkylation sites (N-methyl/N-ethyl adjacent to an activating group) is 1. The molecule has 0 spiro atoms. The van der Waals surface area contributed by atoms with E-state index in [-0.39, 0.29) is 17.3 Å². The molecule has 0 atom stereocenters. The van der Waals surface area contributed by atoms with Crippen molar-refractivity contribution in [3.05, 3.63) is 47.0 Å². The molecule has 136 valence electrons. The molecule has 25 heavy (non-hydrogen) atoms. The lowest BCUT2D eigenvalue weighted by Gasteiger charge is -2.17. The average Bonchev–Trinajstić information content (AvgIpc) is 2.97. The van der Waals surface area contributed by atoms with E-state index in [4.69, 9.17) is 0 Å². The van der Waals surface area contributed by atoms with E-state index < -0.39 is 10.0 Å². The molecular formula is C16H21BrN4O3S. The topological polar surface area (TPSA) is 84.3 Å². The van der Waals surface area contributed by atoms with Crippen LogP contribution in [0.4, 0.5) is 0 Å². The number of halogens is 1. The second-order valence-electron chi connectivity index (χ2n) is 5.59. The van der Waals surface area contributed by atoms with Crippen LogP contribution < -0.4 is 5.32 Å². The molecule has 0 bridgehead atoms. The van der Waals surface area contributed by atoms with E-state index in [1.807, 2.05) is 17.7 Å². The van der Waals surface area contributed by atoms with Crippen LogP contribution in [0, 0.1) is 6.92 Å². The molecule has 9 heteroatoms. The summed E-state index contributed by atoms with van der Waals surface area (Å²) < 4.78 is 28.7. The van der Waals surface area contributed by atoms with Gasteiger partial charge in [0.25, 0.3) is 0 Å². The predicted molar refractivity (Wildman–Crippen MR) is 98.5 cm³/mol. The quantitative estimate of drug-likeness (QED) is 0.649. The number of sulfonamides is 1. The van der Waals surface area contributed by atoms with Gasteiger partial charge in [-0.05, 0) is 37.6 Å². The molecule has 0 aliphatic carbocycles. The molecular weight excluding hydrogens is 408 g/mol. The van der Waals surface area contributed by atoms with Gasteiger partial charge in [-0.3, -0.25) is 4.79 Å². The number of rotatable bonds is 8. The molecule has 0 saturated carbocycles. The number of imidazole rings is 1. The Bertz CT molecular complexity index is 818. The Kier molecular flexibility index (Phi) is 6.74. The fourth-order valence-electron chi connectivity index (χ4n) is 2.25. The van der Waals surface area contributed by atoms with Crippen LogP contribution in [-0.2, 0) is 21.4 Å². The first-order valence-electron chi connectivity index (χ1n) is 7.77. The Morgan fingerprint density at radius 1 is 1.32 bits per heavy atom. The lowest BCUT2D eigenvalue weighted by molar-refractivity contribution is -0.121. The van der Waals surface area contributed by atoms with Crippen LogP contribution in [0.1, 0.15) is 12.2 Å². The number of benzene rings is 1. The summed E-state index contributed by atoms with van der Waals surface area (Å²) in [5.74, 6) is 0.595.